The molecule has 6 heteroatoms. The number of thiazole rings is 1. The highest BCUT2D eigenvalue weighted by molar-refractivity contribution is 7.18. The van der Waals surface area contributed by atoms with E-state index >= 15 is 0 Å². The Kier molecular flexibility index (Phi) is 4.86. The van der Waals surface area contributed by atoms with E-state index in [2.05, 4.69) is 24.1 Å². The molecule has 112 valence electrons. The van der Waals surface area contributed by atoms with Gasteiger partial charge in [-0.1, -0.05) is 24.7 Å². The molecule has 1 aliphatic carbocycles. The largest absolute Gasteiger partial charge is 0.382 e. The molecule has 3 N–H and O–H groups in total. The molecule has 1 aromatic rings. The number of carbonyl (C=O) groups is 1. The number of hydrogen-bond donors (Lipinski definition) is 2. The Bertz CT molecular complexity index is 470. The van der Waals surface area contributed by atoms with Crippen molar-refractivity contribution in [3.63, 3.8) is 0 Å². The lowest BCUT2D eigenvalue weighted by Gasteiger charge is -2.31. The van der Waals surface area contributed by atoms with Crippen LogP contribution >= 0.6 is 11.3 Å². The summed E-state index contributed by atoms with van der Waals surface area (Å²) < 4.78 is 0. The minimum atomic E-state index is -0.0875. The van der Waals surface area contributed by atoms with Crippen molar-refractivity contribution in [1.82, 2.24) is 10.3 Å². The van der Waals surface area contributed by atoms with Crippen molar-refractivity contribution in [3.05, 3.63) is 4.88 Å². The number of nitrogens with one attached hydrogen (secondary N) is 1. The molecule has 5 nitrogen and oxygen atoms in total. The number of hydrogen-bond acceptors (Lipinski definition) is 5. The van der Waals surface area contributed by atoms with Gasteiger partial charge in [-0.2, -0.15) is 0 Å². The number of nitrogens with two attached hydrogens (primary N) is 1. The minimum Gasteiger partial charge on any atom is -0.382 e. The van der Waals surface area contributed by atoms with Crippen LogP contribution in [-0.2, 0) is 0 Å². The topological polar surface area (TPSA) is 71.2 Å². The fourth-order valence-electron chi connectivity index (χ4n) is 2.41. The third-order valence-corrected chi connectivity index (χ3v) is 5.13. The van der Waals surface area contributed by atoms with Crippen LogP contribution in [0.2, 0.25) is 0 Å². The second-order valence-electron chi connectivity index (χ2n) is 5.59. The summed E-state index contributed by atoms with van der Waals surface area (Å²) in [6, 6.07) is 0.217. The number of carbonyl (C=O) groups excluding carboxylic acids is 1. The van der Waals surface area contributed by atoms with Gasteiger partial charge in [-0.15, -0.1) is 0 Å². The van der Waals surface area contributed by atoms with Gasteiger partial charge >= 0.3 is 0 Å². The average molecular weight is 296 g/mol. The lowest BCUT2D eigenvalue weighted by molar-refractivity contribution is 0.0914. The number of nitrogens with zero attached hydrogens (tertiary/aromatic N) is 2. The Hall–Kier alpha value is -1.30. The van der Waals surface area contributed by atoms with E-state index in [4.69, 9.17) is 5.73 Å². The fourth-order valence-corrected chi connectivity index (χ4v) is 3.28. The van der Waals surface area contributed by atoms with E-state index in [1.165, 1.54) is 30.6 Å². The van der Waals surface area contributed by atoms with Crippen molar-refractivity contribution in [2.45, 2.75) is 45.6 Å². The van der Waals surface area contributed by atoms with E-state index in [1.807, 2.05) is 11.9 Å². The molecule has 1 amide bonds. The molecule has 1 aliphatic rings. The SMILES string of the molecule is CCCN(C)c1nc(N)c(C(=O)NC(C)C2CCC2)s1. The first kappa shape index (κ1) is 15.1. The normalized spacial score (nSPS) is 16.6. The standard InChI is InChI=1S/C14H24N4OS/c1-4-8-18(3)14-17-12(15)11(20-14)13(19)16-9(2)10-6-5-7-10/h9-10H,4-8,15H2,1-3H3,(H,16,19). The summed E-state index contributed by atoms with van der Waals surface area (Å²) in [6.45, 7) is 5.09. The highest BCUT2D eigenvalue weighted by atomic mass is 32.1. The summed E-state index contributed by atoms with van der Waals surface area (Å²) in [5, 5.41) is 3.87. The monoisotopic (exact) mass is 296 g/mol. The van der Waals surface area contributed by atoms with E-state index in [0.29, 0.717) is 16.6 Å². The highest BCUT2D eigenvalue weighted by Crippen LogP contribution is 2.31. The summed E-state index contributed by atoms with van der Waals surface area (Å²) in [5.74, 6) is 0.872. The van der Waals surface area contributed by atoms with Crippen LogP contribution in [0.4, 0.5) is 10.9 Å². The predicted molar refractivity (Wildman–Crippen MR) is 84.4 cm³/mol. The van der Waals surface area contributed by atoms with Crippen LogP contribution < -0.4 is 16.0 Å². The molecule has 0 spiro atoms. The molecular formula is C14H24N4OS. The van der Waals surface area contributed by atoms with Crippen LogP contribution in [-0.4, -0.2) is 30.5 Å². The van der Waals surface area contributed by atoms with Crippen molar-refractivity contribution >= 4 is 28.2 Å². The Labute approximate surface area is 124 Å². The van der Waals surface area contributed by atoms with Gasteiger partial charge < -0.3 is 16.0 Å². The predicted octanol–water partition coefficient (Wildman–Crippen LogP) is 2.49. The zero-order valence-electron chi connectivity index (χ0n) is 12.5. The summed E-state index contributed by atoms with van der Waals surface area (Å²) in [6.07, 6.45) is 4.74. The summed E-state index contributed by atoms with van der Waals surface area (Å²) in [7, 11) is 1.97. The van der Waals surface area contributed by atoms with Crippen molar-refractivity contribution in [2.24, 2.45) is 5.92 Å². The van der Waals surface area contributed by atoms with Gasteiger partial charge in [0.15, 0.2) is 5.13 Å². The lowest BCUT2D eigenvalue weighted by Crippen LogP contribution is -2.40. The molecule has 0 aromatic carbocycles. The second-order valence-corrected chi connectivity index (χ2v) is 6.56. The number of nitrogen functional groups attached to an aromatic ring is 1. The number of aromatic nitrogens is 1. The summed E-state index contributed by atoms with van der Waals surface area (Å²) in [4.78, 5) is 19.1. The molecule has 0 radical (unpaired) electrons. The molecule has 2 rings (SSSR count). The van der Waals surface area contributed by atoms with Crippen molar-refractivity contribution in [2.75, 3.05) is 24.2 Å². The van der Waals surface area contributed by atoms with Crippen molar-refractivity contribution in [1.29, 1.82) is 0 Å². The van der Waals surface area contributed by atoms with Gasteiger partial charge in [0.05, 0.1) is 0 Å². The maximum absolute atomic E-state index is 12.3. The van der Waals surface area contributed by atoms with Crippen LogP contribution in [0.1, 0.15) is 49.2 Å². The maximum atomic E-state index is 12.3. The van der Waals surface area contributed by atoms with Gasteiger partial charge in [-0.25, -0.2) is 4.98 Å². The Morgan fingerprint density at radius 3 is 2.85 bits per heavy atom. The summed E-state index contributed by atoms with van der Waals surface area (Å²) in [5.41, 5.74) is 5.89. The zero-order valence-corrected chi connectivity index (χ0v) is 13.3. The highest BCUT2D eigenvalue weighted by Gasteiger charge is 2.27. The molecule has 0 bridgehead atoms. The molecule has 20 heavy (non-hydrogen) atoms. The smallest absolute Gasteiger partial charge is 0.265 e. The molecule has 1 unspecified atom stereocenters. The van der Waals surface area contributed by atoms with Gasteiger partial charge in [0.2, 0.25) is 0 Å². The molecule has 1 fully saturated rings. The quantitative estimate of drug-likeness (QED) is 0.846. The number of rotatable bonds is 6. The van der Waals surface area contributed by atoms with Crippen molar-refractivity contribution < 1.29 is 4.79 Å². The third-order valence-electron chi connectivity index (χ3n) is 3.95. The maximum Gasteiger partial charge on any atom is 0.265 e. The molecular weight excluding hydrogens is 272 g/mol. The Balaban J connectivity index is 2.01. The fraction of sp³-hybridized carbons (Fsp3) is 0.714. The number of amides is 1. The van der Waals surface area contributed by atoms with E-state index in [9.17, 15) is 4.79 Å². The zero-order chi connectivity index (χ0) is 14.7. The van der Waals surface area contributed by atoms with E-state index in [1.54, 1.807) is 0 Å². The van der Waals surface area contributed by atoms with Gasteiger partial charge in [-0.3, -0.25) is 4.79 Å². The van der Waals surface area contributed by atoms with Crippen LogP contribution in [0.25, 0.3) is 0 Å². The molecule has 0 aliphatic heterocycles. The van der Waals surface area contributed by atoms with Crippen molar-refractivity contribution in [3.8, 4) is 0 Å². The molecule has 1 saturated carbocycles. The average Bonchev–Trinajstić information content (AvgIpc) is 2.69. The van der Waals surface area contributed by atoms with Crippen LogP contribution in [0.3, 0.4) is 0 Å². The molecule has 0 saturated heterocycles. The van der Waals surface area contributed by atoms with Gasteiger partial charge in [0, 0.05) is 19.6 Å². The Morgan fingerprint density at radius 2 is 2.30 bits per heavy atom. The summed E-state index contributed by atoms with van der Waals surface area (Å²) >= 11 is 1.37. The van der Waals surface area contributed by atoms with Gasteiger partial charge in [0.25, 0.3) is 5.91 Å². The third kappa shape index (κ3) is 3.23. The first-order valence-electron chi connectivity index (χ1n) is 7.31. The second kappa shape index (κ2) is 6.43. The molecule has 1 aromatic heterocycles. The van der Waals surface area contributed by atoms with Gasteiger partial charge in [0.1, 0.15) is 10.7 Å². The lowest BCUT2D eigenvalue weighted by atomic mass is 9.80. The first-order valence-corrected chi connectivity index (χ1v) is 8.12. The van der Waals surface area contributed by atoms with E-state index < -0.39 is 0 Å². The van der Waals surface area contributed by atoms with E-state index in [0.717, 1.165) is 18.1 Å². The number of anilines is 2. The minimum absolute atomic E-state index is 0.0875. The van der Waals surface area contributed by atoms with Crippen LogP contribution in [0.15, 0.2) is 0 Å². The molecule has 1 atom stereocenters. The molecule has 1 heterocycles. The van der Waals surface area contributed by atoms with Crippen LogP contribution in [0, 0.1) is 5.92 Å². The van der Waals surface area contributed by atoms with Crippen LogP contribution in [0.5, 0.6) is 0 Å². The van der Waals surface area contributed by atoms with E-state index in [-0.39, 0.29) is 11.9 Å². The first-order chi connectivity index (χ1) is 9.52. The van der Waals surface area contributed by atoms with Gasteiger partial charge in [-0.05, 0) is 32.1 Å². The Morgan fingerprint density at radius 1 is 1.60 bits per heavy atom.